The molecule has 2 atom stereocenters. The van der Waals surface area contributed by atoms with Crippen molar-refractivity contribution in [3.8, 4) is 0 Å². The lowest BCUT2D eigenvalue weighted by Crippen LogP contribution is -2.40. The molecule has 1 saturated heterocycles. The maximum absolute atomic E-state index is 13.9. The van der Waals surface area contributed by atoms with Crippen molar-refractivity contribution in [2.45, 2.75) is 32.1 Å². The van der Waals surface area contributed by atoms with Gasteiger partial charge in [-0.2, -0.15) is 0 Å². The van der Waals surface area contributed by atoms with Crippen LogP contribution in [0.3, 0.4) is 0 Å². The number of nitrogens with one attached hydrogen (secondary N) is 1. The fourth-order valence-corrected chi connectivity index (χ4v) is 3.68. The minimum absolute atomic E-state index is 0.0277. The van der Waals surface area contributed by atoms with Crippen LogP contribution in [0.15, 0.2) is 23.8 Å². The zero-order chi connectivity index (χ0) is 16.4. The molecular weight excluding hydrogens is 315 g/mol. The average Bonchev–Trinajstić information content (AvgIpc) is 3.22. The Kier molecular flexibility index (Phi) is 4.77. The molecular formula is C16H21FN4OS. The number of amides is 1. The third-order valence-electron chi connectivity index (χ3n) is 4.18. The molecule has 1 aliphatic heterocycles. The van der Waals surface area contributed by atoms with E-state index in [1.807, 2.05) is 12.3 Å². The lowest BCUT2D eigenvalue weighted by atomic mass is 10.2. The van der Waals surface area contributed by atoms with Crippen molar-refractivity contribution in [3.63, 3.8) is 0 Å². The van der Waals surface area contributed by atoms with Gasteiger partial charge in [-0.1, -0.05) is 0 Å². The summed E-state index contributed by atoms with van der Waals surface area (Å²) >= 11 is 1.61. The molecule has 1 N–H and O–H groups in total. The lowest BCUT2D eigenvalue weighted by Gasteiger charge is -2.27. The molecule has 5 nitrogen and oxygen atoms in total. The zero-order valence-electron chi connectivity index (χ0n) is 13.3. The molecule has 124 valence electrons. The monoisotopic (exact) mass is 336 g/mol. The minimum Gasteiger partial charge on any atom is -0.367 e. The highest BCUT2D eigenvalue weighted by atomic mass is 32.1. The number of rotatable bonds is 5. The van der Waals surface area contributed by atoms with Crippen LogP contribution in [-0.4, -0.2) is 58.0 Å². The second kappa shape index (κ2) is 6.80. The van der Waals surface area contributed by atoms with Gasteiger partial charge in [-0.15, -0.1) is 11.3 Å². The predicted octanol–water partition coefficient (Wildman–Crippen LogP) is 2.46. The molecule has 2 aromatic heterocycles. The standard InChI is InChI=1S/C16H21FN4OS/c1-11-19-14(10-23-11)8-21-7-13(17)5-15(21)9-20(2)16(22)12-3-4-18-6-12/h3-4,6,10,13,15,18H,5,7-9H2,1-2H3/t13-,15-/m0/s1. The van der Waals surface area contributed by atoms with Crippen LogP contribution in [-0.2, 0) is 6.54 Å². The summed E-state index contributed by atoms with van der Waals surface area (Å²) in [5.74, 6) is -0.0435. The summed E-state index contributed by atoms with van der Waals surface area (Å²) < 4.78 is 13.9. The van der Waals surface area contributed by atoms with Crippen molar-refractivity contribution in [1.29, 1.82) is 0 Å². The highest BCUT2D eigenvalue weighted by Gasteiger charge is 2.34. The van der Waals surface area contributed by atoms with E-state index in [0.717, 1.165) is 10.7 Å². The highest BCUT2D eigenvalue weighted by Crippen LogP contribution is 2.24. The van der Waals surface area contributed by atoms with Gasteiger partial charge < -0.3 is 9.88 Å². The Morgan fingerprint density at radius 1 is 1.61 bits per heavy atom. The molecule has 3 heterocycles. The smallest absolute Gasteiger partial charge is 0.255 e. The number of thiazole rings is 1. The summed E-state index contributed by atoms with van der Waals surface area (Å²) in [6.07, 6.45) is 3.04. The first kappa shape index (κ1) is 16.1. The summed E-state index contributed by atoms with van der Waals surface area (Å²) in [7, 11) is 1.77. The number of likely N-dealkylation sites (N-methyl/N-ethyl adjacent to an activating group) is 1. The van der Waals surface area contributed by atoms with Crippen molar-refractivity contribution in [1.82, 2.24) is 19.8 Å². The third kappa shape index (κ3) is 3.79. The zero-order valence-corrected chi connectivity index (χ0v) is 14.1. The molecule has 1 amide bonds. The van der Waals surface area contributed by atoms with Crippen molar-refractivity contribution in [2.24, 2.45) is 0 Å². The Morgan fingerprint density at radius 2 is 2.43 bits per heavy atom. The molecule has 0 aromatic carbocycles. The first-order chi connectivity index (χ1) is 11.0. The Hall–Kier alpha value is -1.73. The number of hydrogen-bond donors (Lipinski definition) is 1. The first-order valence-corrected chi connectivity index (χ1v) is 8.58. The molecule has 7 heteroatoms. The molecule has 3 rings (SSSR count). The normalized spacial score (nSPS) is 21.7. The van der Waals surface area contributed by atoms with E-state index in [1.165, 1.54) is 0 Å². The van der Waals surface area contributed by atoms with E-state index >= 15 is 0 Å². The molecule has 0 unspecified atom stereocenters. The van der Waals surface area contributed by atoms with Crippen LogP contribution >= 0.6 is 11.3 Å². The van der Waals surface area contributed by atoms with Crippen LogP contribution in [0, 0.1) is 6.92 Å². The SMILES string of the molecule is Cc1nc(CN2C[C@@H](F)C[C@H]2CN(C)C(=O)c2cc[nH]c2)cs1. The van der Waals surface area contributed by atoms with Gasteiger partial charge >= 0.3 is 0 Å². The van der Waals surface area contributed by atoms with Gasteiger partial charge in [-0.3, -0.25) is 9.69 Å². The lowest BCUT2D eigenvalue weighted by molar-refractivity contribution is 0.0749. The van der Waals surface area contributed by atoms with Crippen LogP contribution in [0.2, 0.25) is 0 Å². The number of aromatic nitrogens is 2. The maximum atomic E-state index is 13.9. The Balaban J connectivity index is 1.63. The number of carbonyl (C=O) groups is 1. The minimum atomic E-state index is -0.838. The van der Waals surface area contributed by atoms with Crippen molar-refractivity contribution < 1.29 is 9.18 Å². The van der Waals surface area contributed by atoms with E-state index in [1.54, 1.807) is 41.7 Å². The summed E-state index contributed by atoms with van der Waals surface area (Å²) in [4.78, 5) is 23.4. The van der Waals surface area contributed by atoms with Gasteiger partial charge in [0.25, 0.3) is 5.91 Å². The number of carbonyl (C=O) groups excluding carboxylic acids is 1. The molecule has 23 heavy (non-hydrogen) atoms. The quantitative estimate of drug-likeness (QED) is 0.912. The summed E-state index contributed by atoms with van der Waals surface area (Å²) in [6, 6.07) is 1.78. The van der Waals surface area contributed by atoms with Crippen molar-refractivity contribution >= 4 is 17.2 Å². The third-order valence-corrected chi connectivity index (χ3v) is 5.01. The van der Waals surface area contributed by atoms with Crippen LogP contribution in [0.5, 0.6) is 0 Å². The van der Waals surface area contributed by atoms with E-state index in [0.29, 0.717) is 31.6 Å². The van der Waals surface area contributed by atoms with Crippen LogP contribution < -0.4 is 0 Å². The molecule has 1 aliphatic rings. The molecule has 0 saturated carbocycles. The van der Waals surface area contributed by atoms with Crippen LogP contribution in [0.4, 0.5) is 4.39 Å². The number of hydrogen-bond acceptors (Lipinski definition) is 4. The van der Waals surface area contributed by atoms with E-state index in [4.69, 9.17) is 0 Å². The van der Waals surface area contributed by atoms with Gasteiger partial charge in [-0.05, 0) is 19.4 Å². The van der Waals surface area contributed by atoms with E-state index in [-0.39, 0.29) is 11.9 Å². The second-order valence-electron chi connectivity index (χ2n) is 6.06. The number of alkyl halides is 1. The fraction of sp³-hybridized carbons (Fsp3) is 0.500. The topological polar surface area (TPSA) is 52.2 Å². The number of aryl methyl sites for hydroxylation is 1. The average molecular weight is 336 g/mol. The molecule has 0 aliphatic carbocycles. The largest absolute Gasteiger partial charge is 0.367 e. The molecule has 0 radical (unpaired) electrons. The first-order valence-electron chi connectivity index (χ1n) is 7.70. The number of H-pyrrole nitrogens is 1. The van der Waals surface area contributed by atoms with Crippen molar-refractivity contribution in [2.75, 3.05) is 20.1 Å². The number of halogens is 1. The van der Waals surface area contributed by atoms with Crippen molar-refractivity contribution in [3.05, 3.63) is 40.1 Å². The fourth-order valence-electron chi connectivity index (χ4n) is 3.07. The summed E-state index contributed by atoms with van der Waals surface area (Å²) in [6.45, 7) is 3.54. The van der Waals surface area contributed by atoms with Crippen LogP contribution in [0.25, 0.3) is 0 Å². The Bertz CT molecular complexity index is 657. The summed E-state index contributed by atoms with van der Waals surface area (Å²) in [5.41, 5.74) is 1.61. The molecule has 0 bridgehead atoms. The van der Waals surface area contributed by atoms with E-state index in [2.05, 4.69) is 14.9 Å². The Labute approximate surface area is 139 Å². The summed E-state index contributed by atoms with van der Waals surface area (Å²) in [5, 5.41) is 3.04. The predicted molar refractivity (Wildman–Crippen MR) is 88.3 cm³/mol. The van der Waals surface area contributed by atoms with Gasteiger partial charge in [0, 0.05) is 50.5 Å². The van der Waals surface area contributed by atoms with Crippen LogP contribution in [0.1, 0.15) is 27.5 Å². The number of aromatic amines is 1. The number of nitrogens with zero attached hydrogens (tertiary/aromatic N) is 3. The van der Waals surface area contributed by atoms with Gasteiger partial charge in [0.05, 0.1) is 16.3 Å². The number of likely N-dealkylation sites (tertiary alicyclic amines) is 1. The Morgan fingerprint density at radius 3 is 3.09 bits per heavy atom. The second-order valence-corrected chi connectivity index (χ2v) is 7.12. The molecule has 2 aromatic rings. The van der Waals surface area contributed by atoms with Gasteiger partial charge in [0.2, 0.25) is 0 Å². The van der Waals surface area contributed by atoms with E-state index < -0.39 is 6.17 Å². The molecule has 1 fully saturated rings. The van der Waals surface area contributed by atoms with E-state index in [9.17, 15) is 9.18 Å². The maximum Gasteiger partial charge on any atom is 0.255 e. The van der Waals surface area contributed by atoms with Gasteiger partial charge in [0.1, 0.15) is 6.17 Å². The highest BCUT2D eigenvalue weighted by molar-refractivity contribution is 7.09. The van der Waals surface area contributed by atoms with Gasteiger partial charge in [0.15, 0.2) is 0 Å². The van der Waals surface area contributed by atoms with Gasteiger partial charge in [-0.25, -0.2) is 9.37 Å². The molecule has 0 spiro atoms.